The average Bonchev–Trinajstić information content (AvgIpc) is 1.82. The molecule has 1 aliphatic carbocycles. The lowest BCUT2D eigenvalue weighted by molar-refractivity contribution is 0.367. The van der Waals surface area contributed by atoms with Gasteiger partial charge in [-0.05, 0) is 30.6 Å². The molecule has 0 heteroatoms. The Bertz CT molecular complexity index is 82.0. The second-order valence-corrected chi connectivity index (χ2v) is 3.65. The SMILES string of the molecule is CC1[C]CC(C)(C)C1. The Kier molecular flexibility index (Phi) is 1.34. The summed E-state index contributed by atoms with van der Waals surface area (Å²) < 4.78 is 0. The molecular formula is C8H14. The fourth-order valence-corrected chi connectivity index (χ4v) is 1.42. The summed E-state index contributed by atoms with van der Waals surface area (Å²) in [6, 6.07) is 0. The number of hydrogen-bond acceptors (Lipinski definition) is 0. The second kappa shape index (κ2) is 1.75. The van der Waals surface area contributed by atoms with E-state index in [2.05, 4.69) is 27.2 Å². The Morgan fingerprint density at radius 3 is 2.25 bits per heavy atom. The minimum Gasteiger partial charge on any atom is -0.0619 e. The zero-order chi connectivity index (χ0) is 6.20. The molecule has 0 amide bonds. The summed E-state index contributed by atoms with van der Waals surface area (Å²) in [7, 11) is 0. The van der Waals surface area contributed by atoms with Crippen LogP contribution in [-0.2, 0) is 0 Å². The molecular weight excluding hydrogens is 96.1 g/mol. The van der Waals surface area contributed by atoms with E-state index in [0.29, 0.717) is 5.41 Å². The van der Waals surface area contributed by atoms with Crippen molar-refractivity contribution in [3.05, 3.63) is 6.42 Å². The standard InChI is InChI=1S/C8H14/c1-7-4-5-8(2,3)6-7/h7H,5-6H2,1-3H3. The number of hydrogen-bond donors (Lipinski definition) is 0. The van der Waals surface area contributed by atoms with E-state index in [1.54, 1.807) is 0 Å². The smallest absolute Gasteiger partial charge is 0.0137 e. The van der Waals surface area contributed by atoms with Gasteiger partial charge in [0.05, 0.1) is 0 Å². The summed E-state index contributed by atoms with van der Waals surface area (Å²) in [5.41, 5.74) is 0.555. The Labute approximate surface area is 52.3 Å². The highest BCUT2D eigenvalue weighted by Crippen LogP contribution is 2.39. The average molecular weight is 110 g/mol. The van der Waals surface area contributed by atoms with Crippen molar-refractivity contribution in [2.45, 2.75) is 33.6 Å². The molecule has 2 radical (unpaired) electrons. The van der Waals surface area contributed by atoms with Gasteiger partial charge in [0.2, 0.25) is 0 Å². The van der Waals surface area contributed by atoms with Gasteiger partial charge in [0.15, 0.2) is 0 Å². The Morgan fingerprint density at radius 2 is 2.12 bits per heavy atom. The first-order valence-electron chi connectivity index (χ1n) is 3.33. The molecule has 0 aromatic heterocycles. The van der Waals surface area contributed by atoms with E-state index in [-0.39, 0.29) is 0 Å². The third kappa shape index (κ3) is 1.24. The van der Waals surface area contributed by atoms with Crippen LogP contribution in [0.15, 0.2) is 0 Å². The van der Waals surface area contributed by atoms with E-state index in [4.69, 9.17) is 0 Å². The van der Waals surface area contributed by atoms with E-state index in [9.17, 15) is 0 Å². The van der Waals surface area contributed by atoms with Crippen LogP contribution >= 0.6 is 0 Å². The maximum absolute atomic E-state index is 3.41. The molecule has 0 saturated heterocycles. The molecule has 0 aliphatic heterocycles. The summed E-state index contributed by atoms with van der Waals surface area (Å²) in [6.45, 7) is 6.86. The fraction of sp³-hybridized carbons (Fsp3) is 0.875. The molecule has 1 fully saturated rings. The Hall–Kier alpha value is 0. The lowest BCUT2D eigenvalue weighted by Gasteiger charge is -2.14. The lowest BCUT2D eigenvalue weighted by atomic mass is 9.91. The highest BCUT2D eigenvalue weighted by Gasteiger charge is 2.28. The van der Waals surface area contributed by atoms with Crippen molar-refractivity contribution in [1.82, 2.24) is 0 Å². The number of rotatable bonds is 0. The van der Waals surface area contributed by atoms with Crippen molar-refractivity contribution in [2.75, 3.05) is 0 Å². The summed E-state index contributed by atoms with van der Waals surface area (Å²) in [5.74, 6) is 0.741. The van der Waals surface area contributed by atoms with Gasteiger partial charge in [0.25, 0.3) is 0 Å². The van der Waals surface area contributed by atoms with Crippen molar-refractivity contribution >= 4 is 0 Å². The highest BCUT2D eigenvalue weighted by molar-refractivity contribution is 4.91. The van der Waals surface area contributed by atoms with Crippen LogP contribution in [0.4, 0.5) is 0 Å². The minimum atomic E-state index is 0.555. The predicted octanol–water partition coefficient (Wildman–Crippen LogP) is 2.52. The molecule has 1 atom stereocenters. The van der Waals surface area contributed by atoms with Crippen molar-refractivity contribution < 1.29 is 0 Å². The van der Waals surface area contributed by atoms with Crippen LogP contribution in [0.25, 0.3) is 0 Å². The van der Waals surface area contributed by atoms with Gasteiger partial charge in [-0.25, -0.2) is 0 Å². The van der Waals surface area contributed by atoms with Gasteiger partial charge >= 0.3 is 0 Å². The molecule has 8 heavy (non-hydrogen) atoms. The molecule has 1 unspecified atom stereocenters. The zero-order valence-electron chi connectivity index (χ0n) is 5.99. The summed E-state index contributed by atoms with van der Waals surface area (Å²) in [4.78, 5) is 0. The first kappa shape index (κ1) is 6.12. The van der Waals surface area contributed by atoms with E-state index < -0.39 is 0 Å². The Morgan fingerprint density at radius 1 is 1.50 bits per heavy atom. The summed E-state index contributed by atoms with van der Waals surface area (Å²) >= 11 is 0. The maximum Gasteiger partial charge on any atom is -0.0137 e. The van der Waals surface area contributed by atoms with Crippen LogP contribution in [0.3, 0.4) is 0 Å². The minimum absolute atomic E-state index is 0.555. The normalized spacial score (nSPS) is 35.6. The molecule has 0 bridgehead atoms. The van der Waals surface area contributed by atoms with Crippen LogP contribution in [0.2, 0.25) is 0 Å². The molecule has 46 valence electrons. The highest BCUT2D eigenvalue weighted by atomic mass is 14.3. The molecule has 1 aliphatic rings. The largest absolute Gasteiger partial charge is 0.0619 e. The molecule has 1 rings (SSSR count). The van der Waals surface area contributed by atoms with Crippen molar-refractivity contribution in [3.63, 3.8) is 0 Å². The molecule has 0 nitrogen and oxygen atoms in total. The topological polar surface area (TPSA) is 0 Å². The Balaban J connectivity index is 2.44. The van der Waals surface area contributed by atoms with Gasteiger partial charge < -0.3 is 0 Å². The summed E-state index contributed by atoms with van der Waals surface area (Å²) in [5, 5.41) is 0. The second-order valence-electron chi connectivity index (χ2n) is 3.65. The maximum atomic E-state index is 3.41. The van der Waals surface area contributed by atoms with Crippen LogP contribution in [0.1, 0.15) is 33.6 Å². The van der Waals surface area contributed by atoms with Gasteiger partial charge in [-0.2, -0.15) is 0 Å². The molecule has 0 aromatic rings. The fourth-order valence-electron chi connectivity index (χ4n) is 1.42. The summed E-state index contributed by atoms with van der Waals surface area (Å²) in [6.07, 6.45) is 5.92. The lowest BCUT2D eigenvalue weighted by Crippen LogP contribution is -2.03. The van der Waals surface area contributed by atoms with Gasteiger partial charge in [-0.15, -0.1) is 0 Å². The third-order valence-corrected chi connectivity index (χ3v) is 1.79. The van der Waals surface area contributed by atoms with Gasteiger partial charge in [0, 0.05) is 0 Å². The van der Waals surface area contributed by atoms with Gasteiger partial charge in [-0.1, -0.05) is 20.8 Å². The van der Waals surface area contributed by atoms with Crippen molar-refractivity contribution in [1.29, 1.82) is 0 Å². The van der Waals surface area contributed by atoms with Crippen LogP contribution in [-0.4, -0.2) is 0 Å². The first-order chi connectivity index (χ1) is 3.60. The molecule has 0 heterocycles. The molecule has 0 aromatic carbocycles. The molecule has 0 spiro atoms. The monoisotopic (exact) mass is 110 g/mol. The van der Waals surface area contributed by atoms with Crippen LogP contribution in [0.5, 0.6) is 0 Å². The van der Waals surface area contributed by atoms with E-state index >= 15 is 0 Å². The quantitative estimate of drug-likeness (QED) is 0.449. The molecule has 1 saturated carbocycles. The van der Waals surface area contributed by atoms with Crippen LogP contribution in [0, 0.1) is 17.8 Å². The molecule has 0 N–H and O–H groups in total. The first-order valence-corrected chi connectivity index (χ1v) is 3.33. The van der Waals surface area contributed by atoms with Gasteiger partial charge in [-0.3, -0.25) is 0 Å². The van der Waals surface area contributed by atoms with E-state index in [1.165, 1.54) is 12.8 Å². The van der Waals surface area contributed by atoms with Gasteiger partial charge in [0.1, 0.15) is 0 Å². The predicted molar refractivity (Wildman–Crippen MR) is 35.4 cm³/mol. The van der Waals surface area contributed by atoms with Crippen molar-refractivity contribution in [3.8, 4) is 0 Å². The third-order valence-electron chi connectivity index (χ3n) is 1.79. The van der Waals surface area contributed by atoms with Crippen LogP contribution < -0.4 is 0 Å². The van der Waals surface area contributed by atoms with E-state index in [0.717, 1.165) is 5.92 Å². The van der Waals surface area contributed by atoms with E-state index in [1.807, 2.05) is 0 Å². The zero-order valence-corrected chi connectivity index (χ0v) is 5.99. The van der Waals surface area contributed by atoms with Crippen molar-refractivity contribution in [2.24, 2.45) is 11.3 Å².